The molecule has 0 amide bonds. The molecule has 0 spiro atoms. The number of aromatic amines is 1. The molecule has 1 aromatic heterocycles. The summed E-state index contributed by atoms with van der Waals surface area (Å²) in [6, 6.07) is 5.65. The normalized spacial score (nSPS) is 12.7. The summed E-state index contributed by atoms with van der Waals surface area (Å²) in [6.45, 7) is 3.94. The van der Waals surface area contributed by atoms with E-state index in [1.165, 1.54) is 7.11 Å². The molecule has 0 aliphatic heterocycles. The van der Waals surface area contributed by atoms with Crippen LogP contribution in [0.1, 0.15) is 30.5 Å². The lowest BCUT2D eigenvalue weighted by atomic mass is 9.94. The molecule has 18 heavy (non-hydrogen) atoms. The van der Waals surface area contributed by atoms with Gasteiger partial charge in [0.05, 0.1) is 13.0 Å². The summed E-state index contributed by atoms with van der Waals surface area (Å²) in [5.74, 6) is -0.455. The molecule has 96 valence electrons. The summed E-state index contributed by atoms with van der Waals surface area (Å²) in [6.07, 6.45) is 0.701. The van der Waals surface area contributed by atoms with E-state index in [2.05, 4.69) is 4.98 Å². The van der Waals surface area contributed by atoms with Gasteiger partial charge in [0, 0.05) is 21.6 Å². The van der Waals surface area contributed by atoms with Gasteiger partial charge in [0.15, 0.2) is 0 Å². The maximum atomic E-state index is 11.9. The molecule has 1 atom stereocenters. The Hall–Kier alpha value is -1.48. The van der Waals surface area contributed by atoms with Crippen LogP contribution in [0.5, 0.6) is 0 Å². The number of rotatable bonds is 3. The van der Waals surface area contributed by atoms with Crippen molar-refractivity contribution in [2.75, 3.05) is 7.11 Å². The van der Waals surface area contributed by atoms with Gasteiger partial charge in [-0.25, -0.2) is 0 Å². The van der Waals surface area contributed by atoms with Gasteiger partial charge in [-0.1, -0.05) is 18.5 Å². The summed E-state index contributed by atoms with van der Waals surface area (Å²) >= 11 is 6.03. The van der Waals surface area contributed by atoms with Crippen LogP contribution >= 0.6 is 11.6 Å². The van der Waals surface area contributed by atoms with Gasteiger partial charge in [0.2, 0.25) is 0 Å². The Labute approximate surface area is 111 Å². The highest BCUT2D eigenvalue weighted by atomic mass is 35.5. The molecule has 0 saturated carbocycles. The molecule has 1 aromatic carbocycles. The number of ether oxygens (including phenoxy) is 1. The van der Waals surface area contributed by atoms with Crippen LogP contribution in [-0.4, -0.2) is 18.1 Å². The summed E-state index contributed by atoms with van der Waals surface area (Å²) in [5, 5.41) is 1.67. The molecule has 0 bridgehead atoms. The number of halogens is 1. The minimum absolute atomic E-state index is 0.207. The molecule has 4 heteroatoms. The van der Waals surface area contributed by atoms with Crippen molar-refractivity contribution in [2.45, 2.75) is 26.2 Å². The van der Waals surface area contributed by atoms with Gasteiger partial charge in [0.1, 0.15) is 0 Å². The van der Waals surface area contributed by atoms with Crippen LogP contribution in [0.3, 0.4) is 0 Å². The van der Waals surface area contributed by atoms with E-state index in [1.807, 2.05) is 32.0 Å². The number of hydrogen-bond donors (Lipinski definition) is 1. The third-order valence-corrected chi connectivity index (χ3v) is 3.48. The quantitative estimate of drug-likeness (QED) is 0.858. The Morgan fingerprint density at radius 2 is 2.22 bits per heavy atom. The number of aryl methyl sites for hydroxylation is 1. The lowest BCUT2D eigenvalue weighted by Gasteiger charge is -2.13. The smallest absolute Gasteiger partial charge is 0.313 e. The lowest BCUT2D eigenvalue weighted by Crippen LogP contribution is -2.14. The first kappa shape index (κ1) is 13.0. The van der Waals surface area contributed by atoms with Crippen LogP contribution in [0.4, 0.5) is 0 Å². The van der Waals surface area contributed by atoms with E-state index >= 15 is 0 Å². The van der Waals surface area contributed by atoms with Gasteiger partial charge in [-0.3, -0.25) is 4.79 Å². The third-order valence-electron chi connectivity index (χ3n) is 3.24. The number of esters is 1. The number of nitrogens with one attached hydrogen (secondary N) is 1. The monoisotopic (exact) mass is 265 g/mol. The number of hydrogen-bond acceptors (Lipinski definition) is 2. The predicted octanol–water partition coefficient (Wildman–Crippen LogP) is 3.80. The molecular weight excluding hydrogens is 250 g/mol. The summed E-state index contributed by atoms with van der Waals surface area (Å²) in [4.78, 5) is 15.1. The average molecular weight is 266 g/mol. The Bertz CT molecular complexity index is 589. The fraction of sp³-hybridized carbons (Fsp3) is 0.357. The zero-order chi connectivity index (χ0) is 13.3. The zero-order valence-electron chi connectivity index (χ0n) is 10.7. The van der Waals surface area contributed by atoms with Crippen molar-refractivity contribution in [3.8, 4) is 0 Å². The Morgan fingerprint density at radius 3 is 2.83 bits per heavy atom. The number of benzene rings is 1. The van der Waals surface area contributed by atoms with Gasteiger partial charge in [-0.2, -0.15) is 0 Å². The van der Waals surface area contributed by atoms with Gasteiger partial charge >= 0.3 is 5.97 Å². The van der Waals surface area contributed by atoms with Crippen molar-refractivity contribution in [1.82, 2.24) is 4.98 Å². The van der Waals surface area contributed by atoms with E-state index in [0.717, 1.165) is 22.2 Å². The first-order valence-electron chi connectivity index (χ1n) is 5.94. The standard InChI is InChI=1S/C14H16ClNO2/c1-4-10(14(17)18-3)13-8(2)16-12-6-5-9(15)7-11(12)13/h5-7,10,16H,4H2,1-3H3. The van der Waals surface area contributed by atoms with Crippen LogP contribution < -0.4 is 0 Å². The predicted molar refractivity (Wildman–Crippen MR) is 73.1 cm³/mol. The molecular formula is C14H16ClNO2. The average Bonchev–Trinajstić information content (AvgIpc) is 2.67. The number of aromatic nitrogens is 1. The molecule has 0 radical (unpaired) electrons. The van der Waals surface area contributed by atoms with Crippen molar-refractivity contribution in [3.63, 3.8) is 0 Å². The van der Waals surface area contributed by atoms with Crippen molar-refractivity contribution >= 4 is 28.5 Å². The highest BCUT2D eigenvalue weighted by Crippen LogP contribution is 2.33. The number of carbonyl (C=O) groups is 1. The first-order valence-corrected chi connectivity index (χ1v) is 6.31. The fourth-order valence-corrected chi connectivity index (χ4v) is 2.57. The maximum absolute atomic E-state index is 11.9. The van der Waals surface area contributed by atoms with Crippen molar-refractivity contribution in [2.24, 2.45) is 0 Å². The van der Waals surface area contributed by atoms with E-state index in [1.54, 1.807) is 0 Å². The summed E-state index contributed by atoms with van der Waals surface area (Å²) < 4.78 is 4.88. The molecule has 1 N–H and O–H groups in total. The molecule has 0 fully saturated rings. The number of carbonyl (C=O) groups excluding carboxylic acids is 1. The van der Waals surface area contributed by atoms with Gasteiger partial charge in [-0.05, 0) is 37.1 Å². The molecule has 1 heterocycles. The minimum atomic E-state index is -0.248. The van der Waals surface area contributed by atoms with E-state index in [4.69, 9.17) is 16.3 Å². The second-order valence-corrected chi connectivity index (χ2v) is 4.77. The third kappa shape index (κ3) is 2.10. The first-order chi connectivity index (χ1) is 8.58. The topological polar surface area (TPSA) is 42.1 Å². The van der Waals surface area contributed by atoms with E-state index in [-0.39, 0.29) is 11.9 Å². The molecule has 3 nitrogen and oxygen atoms in total. The maximum Gasteiger partial charge on any atom is 0.313 e. The van der Waals surface area contributed by atoms with Crippen LogP contribution in [0.15, 0.2) is 18.2 Å². The van der Waals surface area contributed by atoms with Crippen molar-refractivity contribution in [3.05, 3.63) is 34.5 Å². The second kappa shape index (κ2) is 5.02. The molecule has 1 unspecified atom stereocenters. The zero-order valence-corrected chi connectivity index (χ0v) is 11.5. The molecule has 0 saturated heterocycles. The minimum Gasteiger partial charge on any atom is -0.469 e. The summed E-state index contributed by atoms with van der Waals surface area (Å²) in [5.41, 5.74) is 2.97. The SMILES string of the molecule is CCC(C(=O)OC)c1c(C)[nH]c2ccc(Cl)cc12. The van der Waals surface area contributed by atoms with Gasteiger partial charge in [-0.15, -0.1) is 0 Å². The number of H-pyrrole nitrogens is 1. The highest BCUT2D eigenvalue weighted by Gasteiger charge is 2.24. The number of fused-ring (bicyclic) bond motifs is 1. The van der Waals surface area contributed by atoms with E-state index in [9.17, 15) is 4.79 Å². The Kier molecular flexibility index (Phi) is 3.62. The van der Waals surface area contributed by atoms with E-state index in [0.29, 0.717) is 11.4 Å². The van der Waals surface area contributed by atoms with Crippen molar-refractivity contribution < 1.29 is 9.53 Å². The second-order valence-electron chi connectivity index (χ2n) is 4.34. The van der Waals surface area contributed by atoms with Crippen LogP contribution in [0, 0.1) is 6.92 Å². The van der Waals surface area contributed by atoms with Crippen LogP contribution in [-0.2, 0) is 9.53 Å². The van der Waals surface area contributed by atoms with Gasteiger partial charge in [0.25, 0.3) is 0 Å². The Balaban J connectivity index is 2.64. The highest BCUT2D eigenvalue weighted by molar-refractivity contribution is 6.31. The van der Waals surface area contributed by atoms with Crippen molar-refractivity contribution in [1.29, 1.82) is 0 Å². The molecule has 0 aliphatic rings. The van der Waals surface area contributed by atoms with Crippen LogP contribution in [0.2, 0.25) is 5.02 Å². The molecule has 2 aromatic rings. The molecule has 0 aliphatic carbocycles. The Morgan fingerprint density at radius 1 is 1.50 bits per heavy atom. The fourth-order valence-electron chi connectivity index (χ4n) is 2.40. The van der Waals surface area contributed by atoms with Crippen LogP contribution in [0.25, 0.3) is 10.9 Å². The summed E-state index contributed by atoms with van der Waals surface area (Å²) in [7, 11) is 1.42. The molecule has 2 rings (SSSR count). The van der Waals surface area contributed by atoms with E-state index < -0.39 is 0 Å². The largest absolute Gasteiger partial charge is 0.469 e. The number of methoxy groups -OCH3 is 1. The van der Waals surface area contributed by atoms with Gasteiger partial charge < -0.3 is 9.72 Å². The lowest BCUT2D eigenvalue weighted by molar-refractivity contribution is -0.142.